The fourth-order valence-corrected chi connectivity index (χ4v) is 1.90. The van der Waals surface area contributed by atoms with Crippen LogP contribution in [0, 0.1) is 25.7 Å². The third kappa shape index (κ3) is 3.73. The summed E-state index contributed by atoms with van der Waals surface area (Å²) in [7, 11) is 0. The van der Waals surface area contributed by atoms with E-state index in [-0.39, 0.29) is 24.3 Å². The topological polar surface area (TPSA) is 67.4 Å². The normalized spacial score (nSPS) is 20.1. The maximum Gasteiger partial charge on any atom is 0.276 e. The quantitative estimate of drug-likeness (QED) is 0.819. The lowest BCUT2D eigenvalue weighted by molar-refractivity contribution is -0.130. The molecule has 2 rings (SSSR count). The van der Waals surface area contributed by atoms with Gasteiger partial charge in [0.1, 0.15) is 5.75 Å². The predicted molar refractivity (Wildman–Crippen MR) is 75.0 cm³/mol. The van der Waals surface area contributed by atoms with E-state index in [1.165, 1.54) is 5.56 Å². The van der Waals surface area contributed by atoms with Crippen LogP contribution in [0.5, 0.6) is 5.75 Å². The zero-order chi connectivity index (χ0) is 14.7. The van der Waals surface area contributed by atoms with Gasteiger partial charge in [0.05, 0.1) is 0 Å². The standard InChI is InChI=1S/C15H20N2O3/c1-9-4-5-12(6-10(9)2)20-8-14(18)16-17-15(19)13-7-11(13)3/h4-6,11,13H,7-8H2,1-3H3,(H,16,18)(H,17,19). The van der Waals surface area contributed by atoms with E-state index in [0.717, 1.165) is 12.0 Å². The molecule has 1 aliphatic rings. The summed E-state index contributed by atoms with van der Waals surface area (Å²) in [5, 5.41) is 0. The molecule has 0 aromatic heterocycles. The molecular formula is C15H20N2O3. The number of hydrazine groups is 1. The largest absolute Gasteiger partial charge is 0.484 e. The van der Waals surface area contributed by atoms with Crippen LogP contribution < -0.4 is 15.6 Å². The molecule has 5 nitrogen and oxygen atoms in total. The molecule has 1 aromatic carbocycles. The molecule has 1 aromatic rings. The highest BCUT2D eigenvalue weighted by atomic mass is 16.5. The summed E-state index contributed by atoms with van der Waals surface area (Å²) in [4.78, 5) is 23.1. The molecule has 0 bridgehead atoms. The number of carbonyl (C=O) groups is 2. The molecule has 0 saturated heterocycles. The van der Waals surface area contributed by atoms with E-state index < -0.39 is 0 Å². The highest BCUT2D eigenvalue weighted by Gasteiger charge is 2.39. The van der Waals surface area contributed by atoms with E-state index in [0.29, 0.717) is 11.7 Å². The van der Waals surface area contributed by atoms with Gasteiger partial charge in [0.2, 0.25) is 5.91 Å². The minimum atomic E-state index is -0.370. The van der Waals surface area contributed by atoms with Gasteiger partial charge in [-0.1, -0.05) is 13.0 Å². The monoisotopic (exact) mass is 276 g/mol. The Bertz CT molecular complexity index is 528. The van der Waals surface area contributed by atoms with Crippen molar-refractivity contribution in [3.05, 3.63) is 29.3 Å². The van der Waals surface area contributed by atoms with Gasteiger partial charge in [0, 0.05) is 5.92 Å². The van der Waals surface area contributed by atoms with Crippen LogP contribution in [-0.2, 0) is 9.59 Å². The van der Waals surface area contributed by atoms with Crippen LogP contribution in [0.3, 0.4) is 0 Å². The van der Waals surface area contributed by atoms with E-state index >= 15 is 0 Å². The van der Waals surface area contributed by atoms with Crippen molar-refractivity contribution in [3.63, 3.8) is 0 Å². The number of ether oxygens (including phenoxy) is 1. The first-order valence-electron chi connectivity index (χ1n) is 6.76. The summed E-state index contributed by atoms with van der Waals surface area (Å²) in [6.07, 6.45) is 0.890. The van der Waals surface area contributed by atoms with Gasteiger partial charge in [-0.3, -0.25) is 20.4 Å². The van der Waals surface area contributed by atoms with Gasteiger partial charge in [0.25, 0.3) is 5.91 Å². The Hall–Kier alpha value is -2.04. The van der Waals surface area contributed by atoms with Crippen LogP contribution in [0.1, 0.15) is 24.5 Å². The van der Waals surface area contributed by atoms with Crippen LogP contribution in [0.4, 0.5) is 0 Å². The molecule has 0 spiro atoms. The molecule has 2 N–H and O–H groups in total. The summed E-state index contributed by atoms with van der Waals surface area (Å²) in [5.74, 6) is 0.599. The molecule has 1 saturated carbocycles. The number of rotatable bonds is 4. The van der Waals surface area contributed by atoms with Crippen molar-refractivity contribution in [1.82, 2.24) is 10.9 Å². The third-order valence-electron chi connectivity index (χ3n) is 3.62. The van der Waals surface area contributed by atoms with Gasteiger partial charge in [-0.15, -0.1) is 0 Å². The summed E-state index contributed by atoms with van der Waals surface area (Å²) in [6.45, 7) is 5.89. The van der Waals surface area contributed by atoms with E-state index in [9.17, 15) is 9.59 Å². The highest BCUT2D eigenvalue weighted by Crippen LogP contribution is 2.37. The Morgan fingerprint density at radius 2 is 1.95 bits per heavy atom. The first-order chi connectivity index (χ1) is 9.47. The summed E-state index contributed by atoms with van der Waals surface area (Å²) in [6, 6.07) is 5.64. The fraction of sp³-hybridized carbons (Fsp3) is 0.467. The summed E-state index contributed by atoms with van der Waals surface area (Å²) < 4.78 is 5.37. The number of benzene rings is 1. The average Bonchev–Trinajstić information content (AvgIpc) is 3.14. The second-order valence-corrected chi connectivity index (χ2v) is 5.39. The minimum Gasteiger partial charge on any atom is -0.484 e. The number of aryl methyl sites for hydroxylation is 2. The minimum absolute atomic E-state index is 0.0379. The molecule has 0 heterocycles. The molecule has 2 unspecified atom stereocenters. The van der Waals surface area contributed by atoms with Gasteiger partial charge in [-0.2, -0.15) is 0 Å². The summed E-state index contributed by atoms with van der Waals surface area (Å²) >= 11 is 0. The number of amides is 2. The lowest BCUT2D eigenvalue weighted by Gasteiger charge is -2.09. The Morgan fingerprint density at radius 1 is 1.25 bits per heavy atom. The van der Waals surface area contributed by atoms with Crippen LogP contribution in [0.15, 0.2) is 18.2 Å². The van der Waals surface area contributed by atoms with Crippen LogP contribution in [0.2, 0.25) is 0 Å². The van der Waals surface area contributed by atoms with Gasteiger partial charge in [0.15, 0.2) is 6.61 Å². The second-order valence-electron chi connectivity index (χ2n) is 5.39. The molecule has 2 atom stereocenters. The smallest absolute Gasteiger partial charge is 0.276 e. The number of hydrogen-bond acceptors (Lipinski definition) is 3. The predicted octanol–water partition coefficient (Wildman–Crippen LogP) is 1.49. The molecule has 5 heteroatoms. The lowest BCUT2D eigenvalue weighted by Crippen LogP contribution is -2.44. The van der Waals surface area contributed by atoms with Gasteiger partial charge < -0.3 is 4.74 Å². The van der Waals surface area contributed by atoms with Gasteiger partial charge >= 0.3 is 0 Å². The van der Waals surface area contributed by atoms with Crippen molar-refractivity contribution in [3.8, 4) is 5.75 Å². The maximum atomic E-state index is 11.5. The van der Waals surface area contributed by atoms with E-state index in [2.05, 4.69) is 10.9 Å². The zero-order valence-electron chi connectivity index (χ0n) is 12.0. The van der Waals surface area contributed by atoms with Gasteiger partial charge in [-0.25, -0.2) is 0 Å². The molecule has 1 fully saturated rings. The zero-order valence-corrected chi connectivity index (χ0v) is 12.0. The van der Waals surface area contributed by atoms with Gasteiger partial charge in [-0.05, 0) is 49.4 Å². The Labute approximate surface area is 118 Å². The maximum absolute atomic E-state index is 11.5. The molecule has 2 amide bonds. The lowest BCUT2D eigenvalue weighted by atomic mass is 10.1. The van der Waals surface area contributed by atoms with Crippen molar-refractivity contribution >= 4 is 11.8 Å². The van der Waals surface area contributed by atoms with Crippen molar-refractivity contribution in [2.24, 2.45) is 11.8 Å². The Morgan fingerprint density at radius 3 is 2.55 bits per heavy atom. The second kappa shape index (κ2) is 5.94. The Balaban J connectivity index is 1.72. The first-order valence-corrected chi connectivity index (χ1v) is 6.76. The van der Waals surface area contributed by atoms with Crippen LogP contribution in [-0.4, -0.2) is 18.4 Å². The molecule has 0 aliphatic heterocycles. The average molecular weight is 276 g/mol. The van der Waals surface area contributed by atoms with E-state index in [1.807, 2.05) is 39.0 Å². The van der Waals surface area contributed by atoms with E-state index in [4.69, 9.17) is 4.74 Å². The first kappa shape index (κ1) is 14.4. The molecule has 108 valence electrons. The Kier molecular flexibility index (Phi) is 4.27. The molecular weight excluding hydrogens is 256 g/mol. The van der Waals surface area contributed by atoms with Crippen molar-refractivity contribution in [1.29, 1.82) is 0 Å². The number of hydrogen-bond donors (Lipinski definition) is 2. The molecule has 1 aliphatic carbocycles. The van der Waals surface area contributed by atoms with E-state index in [1.54, 1.807) is 0 Å². The van der Waals surface area contributed by atoms with Crippen molar-refractivity contribution < 1.29 is 14.3 Å². The molecule has 20 heavy (non-hydrogen) atoms. The van der Waals surface area contributed by atoms with Crippen molar-refractivity contribution in [2.75, 3.05) is 6.61 Å². The third-order valence-corrected chi connectivity index (χ3v) is 3.62. The summed E-state index contributed by atoms with van der Waals surface area (Å²) in [5.41, 5.74) is 7.05. The SMILES string of the molecule is Cc1ccc(OCC(=O)NNC(=O)C2CC2C)cc1C. The number of nitrogens with one attached hydrogen (secondary N) is 2. The molecule has 0 radical (unpaired) electrons. The van der Waals surface area contributed by atoms with Crippen LogP contribution >= 0.6 is 0 Å². The van der Waals surface area contributed by atoms with Crippen molar-refractivity contribution in [2.45, 2.75) is 27.2 Å². The number of carbonyl (C=O) groups excluding carboxylic acids is 2. The van der Waals surface area contributed by atoms with Crippen LogP contribution in [0.25, 0.3) is 0 Å². The fourth-order valence-electron chi connectivity index (χ4n) is 1.90. The highest BCUT2D eigenvalue weighted by molar-refractivity contribution is 5.85.